The van der Waals surface area contributed by atoms with E-state index in [2.05, 4.69) is 25.7 Å². The first kappa shape index (κ1) is 12.8. The van der Waals surface area contributed by atoms with Crippen LogP contribution in [0.15, 0.2) is 11.4 Å². The van der Waals surface area contributed by atoms with Gasteiger partial charge in [0.25, 0.3) is 0 Å². The molecule has 1 fully saturated rings. The Balaban J connectivity index is 2.25. The van der Waals surface area contributed by atoms with Crippen LogP contribution in [0.2, 0.25) is 0 Å². The number of likely N-dealkylation sites (tertiary alicyclic amines) is 1. The van der Waals surface area contributed by atoms with Gasteiger partial charge in [-0.1, -0.05) is 6.92 Å². The Morgan fingerprint density at radius 1 is 1.47 bits per heavy atom. The molecule has 1 aromatic rings. The second-order valence-corrected chi connectivity index (χ2v) is 6.21. The summed E-state index contributed by atoms with van der Waals surface area (Å²) in [4.78, 5) is 16.2. The first-order valence-corrected chi connectivity index (χ1v) is 7.31. The highest BCUT2D eigenvalue weighted by atomic mass is 32.1. The predicted molar refractivity (Wildman–Crippen MR) is 72.9 cm³/mol. The highest BCUT2D eigenvalue weighted by Crippen LogP contribution is 2.29. The fraction of sp³-hybridized carbons (Fsp3) is 0.643. The molecule has 2 nitrogen and oxygen atoms in total. The molecule has 1 aromatic heterocycles. The summed E-state index contributed by atoms with van der Waals surface area (Å²) in [7, 11) is 0. The maximum Gasteiger partial charge on any atom is 0.183 e. The monoisotopic (exact) mass is 251 g/mol. The van der Waals surface area contributed by atoms with Gasteiger partial charge >= 0.3 is 0 Å². The first-order chi connectivity index (χ1) is 8.08. The van der Waals surface area contributed by atoms with Crippen LogP contribution in [0.4, 0.5) is 0 Å². The average Bonchev–Trinajstić information content (AvgIpc) is 2.97. The zero-order valence-electron chi connectivity index (χ0n) is 11.0. The van der Waals surface area contributed by atoms with E-state index in [4.69, 9.17) is 0 Å². The van der Waals surface area contributed by atoms with Crippen molar-refractivity contribution in [2.75, 3.05) is 13.1 Å². The largest absolute Gasteiger partial charge is 0.292 e. The number of ketones is 1. The van der Waals surface area contributed by atoms with E-state index in [0.717, 1.165) is 25.1 Å². The Labute approximate surface area is 108 Å². The van der Waals surface area contributed by atoms with E-state index in [-0.39, 0.29) is 5.54 Å². The van der Waals surface area contributed by atoms with Crippen molar-refractivity contribution in [1.29, 1.82) is 0 Å². The molecule has 1 unspecified atom stereocenters. The summed E-state index contributed by atoms with van der Waals surface area (Å²) in [5.41, 5.74) is 0.591. The van der Waals surface area contributed by atoms with E-state index in [1.807, 2.05) is 11.4 Å². The van der Waals surface area contributed by atoms with Gasteiger partial charge in [-0.2, -0.15) is 0 Å². The summed E-state index contributed by atoms with van der Waals surface area (Å²) in [6.07, 6.45) is 3.35. The van der Waals surface area contributed by atoms with Crippen LogP contribution in [0.25, 0.3) is 0 Å². The van der Waals surface area contributed by atoms with Gasteiger partial charge < -0.3 is 0 Å². The van der Waals surface area contributed by atoms with Gasteiger partial charge in [0.1, 0.15) is 0 Å². The number of aryl methyl sites for hydroxylation is 1. The standard InChI is InChI=1S/C14H21NOS/c1-4-14(3,15-7-5-6-8-15)13(16)12-9-11(2)17-10-12/h9-10H,4-8H2,1-3H3. The van der Waals surface area contributed by atoms with Gasteiger partial charge in [0, 0.05) is 15.8 Å². The maximum atomic E-state index is 12.7. The van der Waals surface area contributed by atoms with Crippen LogP contribution in [0.3, 0.4) is 0 Å². The van der Waals surface area contributed by atoms with E-state index in [1.165, 1.54) is 17.7 Å². The van der Waals surface area contributed by atoms with Gasteiger partial charge in [-0.05, 0) is 52.3 Å². The van der Waals surface area contributed by atoms with Crippen molar-refractivity contribution < 1.29 is 4.79 Å². The van der Waals surface area contributed by atoms with E-state index >= 15 is 0 Å². The molecule has 0 amide bonds. The van der Waals surface area contributed by atoms with E-state index in [9.17, 15) is 4.79 Å². The smallest absolute Gasteiger partial charge is 0.183 e. The average molecular weight is 251 g/mol. The van der Waals surface area contributed by atoms with Crippen LogP contribution in [0.5, 0.6) is 0 Å². The number of hydrogen-bond acceptors (Lipinski definition) is 3. The molecule has 94 valence electrons. The molecular formula is C14H21NOS. The fourth-order valence-corrected chi connectivity index (χ4v) is 3.29. The molecule has 1 aliphatic heterocycles. The van der Waals surface area contributed by atoms with Crippen LogP contribution in [0, 0.1) is 6.92 Å². The van der Waals surface area contributed by atoms with Crippen molar-refractivity contribution >= 4 is 17.1 Å². The van der Waals surface area contributed by atoms with Gasteiger partial charge in [-0.15, -0.1) is 11.3 Å². The zero-order valence-corrected chi connectivity index (χ0v) is 11.8. The van der Waals surface area contributed by atoms with Crippen molar-refractivity contribution in [2.24, 2.45) is 0 Å². The van der Waals surface area contributed by atoms with Gasteiger partial charge in [-0.3, -0.25) is 9.69 Å². The summed E-state index contributed by atoms with van der Waals surface area (Å²) in [5, 5.41) is 2.00. The SMILES string of the molecule is CCC(C)(C(=O)c1csc(C)c1)N1CCCC1. The predicted octanol–water partition coefficient (Wildman–Crippen LogP) is 3.50. The lowest BCUT2D eigenvalue weighted by Crippen LogP contribution is -2.50. The van der Waals surface area contributed by atoms with E-state index < -0.39 is 0 Å². The minimum Gasteiger partial charge on any atom is -0.292 e. The van der Waals surface area contributed by atoms with Crippen molar-refractivity contribution in [3.05, 3.63) is 21.9 Å². The van der Waals surface area contributed by atoms with E-state index in [1.54, 1.807) is 11.3 Å². The summed E-state index contributed by atoms with van der Waals surface area (Å²) < 4.78 is 0. The molecule has 1 atom stereocenters. The number of Topliss-reactive ketones (excluding diaryl/α,β-unsaturated/α-hetero) is 1. The Morgan fingerprint density at radius 2 is 2.12 bits per heavy atom. The second-order valence-electron chi connectivity index (χ2n) is 5.10. The van der Waals surface area contributed by atoms with Crippen molar-refractivity contribution in [2.45, 2.75) is 45.6 Å². The van der Waals surface area contributed by atoms with Gasteiger partial charge in [0.15, 0.2) is 5.78 Å². The number of thiophene rings is 1. The highest BCUT2D eigenvalue weighted by Gasteiger charge is 2.39. The summed E-state index contributed by atoms with van der Waals surface area (Å²) in [6.45, 7) is 8.42. The first-order valence-electron chi connectivity index (χ1n) is 6.43. The molecule has 2 heterocycles. The third-order valence-corrected chi connectivity index (χ3v) is 4.84. The molecule has 0 spiro atoms. The fourth-order valence-electron chi connectivity index (χ4n) is 2.61. The van der Waals surface area contributed by atoms with Gasteiger partial charge in [-0.25, -0.2) is 0 Å². The molecule has 0 aliphatic carbocycles. The molecule has 0 radical (unpaired) electrons. The summed E-state index contributed by atoms with van der Waals surface area (Å²) >= 11 is 1.66. The quantitative estimate of drug-likeness (QED) is 0.763. The van der Waals surface area contributed by atoms with Gasteiger partial charge in [0.2, 0.25) is 0 Å². The van der Waals surface area contributed by atoms with Crippen LogP contribution in [-0.2, 0) is 0 Å². The van der Waals surface area contributed by atoms with Crippen LogP contribution in [0.1, 0.15) is 48.3 Å². The maximum absolute atomic E-state index is 12.7. The lowest BCUT2D eigenvalue weighted by molar-refractivity contribution is 0.0648. The molecule has 17 heavy (non-hydrogen) atoms. The molecule has 1 aliphatic rings. The molecule has 0 aromatic carbocycles. The van der Waals surface area contributed by atoms with Crippen molar-refractivity contribution in [1.82, 2.24) is 4.90 Å². The number of carbonyl (C=O) groups is 1. The number of carbonyl (C=O) groups excluding carboxylic acids is 1. The van der Waals surface area contributed by atoms with Crippen molar-refractivity contribution in [3.63, 3.8) is 0 Å². The second kappa shape index (κ2) is 4.91. The molecule has 2 rings (SSSR count). The van der Waals surface area contributed by atoms with Gasteiger partial charge in [0.05, 0.1) is 5.54 Å². The van der Waals surface area contributed by atoms with Crippen LogP contribution in [-0.4, -0.2) is 29.3 Å². The number of hydrogen-bond donors (Lipinski definition) is 0. The third-order valence-electron chi connectivity index (χ3n) is 3.97. The minimum absolute atomic E-state index is 0.297. The molecule has 0 bridgehead atoms. The zero-order chi connectivity index (χ0) is 12.5. The Morgan fingerprint density at radius 3 is 2.59 bits per heavy atom. The normalized spacial score (nSPS) is 20.4. The topological polar surface area (TPSA) is 20.3 Å². The Kier molecular flexibility index (Phi) is 3.69. The van der Waals surface area contributed by atoms with Crippen molar-refractivity contribution in [3.8, 4) is 0 Å². The summed E-state index contributed by atoms with van der Waals surface area (Å²) in [6, 6.07) is 2.02. The molecular weight excluding hydrogens is 230 g/mol. The van der Waals surface area contributed by atoms with Crippen LogP contribution >= 0.6 is 11.3 Å². The third kappa shape index (κ3) is 2.31. The molecule has 3 heteroatoms. The molecule has 0 N–H and O–H groups in total. The lowest BCUT2D eigenvalue weighted by atomic mass is 9.88. The summed E-state index contributed by atoms with van der Waals surface area (Å²) in [5.74, 6) is 0.297. The van der Waals surface area contributed by atoms with E-state index in [0.29, 0.717) is 5.78 Å². The van der Waals surface area contributed by atoms with Crippen LogP contribution < -0.4 is 0 Å². The minimum atomic E-state index is -0.302. The Bertz CT molecular complexity index is 406. The molecule has 0 saturated carbocycles. The number of nitrogens with zero attached hydrogens (tertiary/aromatic N) is 1. The lowest BCUT2D eigenvalue weighted by Gasteiger charge is -2.36. The highest BCUT2D eigenvalue weighted by molar-refractivity contribution is 7.10. The molecule has 1 saturated heterocycles. The Hall–Kier alpha value is -0.670. The number of rotatable bonds is 4.